The fourth-order valence-corrected chi connectivity index (χ4v) is 2.02. The smallest absolute Gasteiger partial charge is 0.379 e. The predicted molar refractivity (Wildman–Crippen MR) is 76.5 cm³/mol. The van der Waals surface area contributed by atoms with E-state index in [9.17, 15) is 9.46 Å². The number of phosphoric ester groups is 1. The first-order valence-electron chi connectivity index (χ1n) is 6.82. The summed E-state index contributed by atoms with van der Waals surface area (Å²) in [5.41, 5.74) is 0. The molecule has 20 heavy (non-hydrogen) atoms. The van der Waals surface area contributed by atoms with E-state index in [4.69, 9.17) is 18.5 Å². The van der Waals surface area contributed by atoms with Gasteiger partial charge in [-0.3, -0.25) is 9.05 Å². The topological polar surface area (TPSA) is 74.2 Å². The number of hydrogen-bond donors (Lipinski definition) is 1. The van der Waals surface area contributed by atoms with Crippen molar-refractivity contribution in [3.63, 3.8) is 0 Å². The van der Waals surface area contributed by atoms with E-state index < -0.39 is 7.82 Å². The minimum absolute atomic E-state index is 0.0357. The molecule has 0 amide bonds. The third kappa shape index (κ3) is 11.8. The molecule has 1 unspecified atom stereocenters. The zero-order chi connectivity index (χ0) is 15.6. The van der Waals surface area contributed by atoms with E-state index in [1.165, 1.54) is 0 Å². The molecule has 1 N–H and O–H groups in total. The third-order valence-electron chi connectivity index (χ3n) is 2.35. The molecular weight excluding hydrogens is 285 g/mol. The first-order valence-corrected chi connectivity index (χ1v) is 8.31. The summed E-state index contributed by atoms with van der Waals surface area (Å²) in [5.74, 6) is 0. The molecule has 8 heteroatoms. The molecule has 0 radical (unpaired) electrons. The van der Waals surface area contributed by atoms with Crippen LogP contribution in [0.5, 0.6) is 0 Å². The van der Waals surface area contributed by atoms with Crippen molar-refractivity contribution in [1.29, 1.82) is 0 Å². The van der Waals surface area contributed by atoms with E-state index in [1.807, 2.05) is 35.0 Å². The Balaban J connectivity index is 4.06. The molecular formula is C12H29NO6P+. The second-order valence-electron chi connectivity index (χ2n) is 5.35. The Hall–Kier alpha value is -0.0100. The zero-order valence-electron chi connectivity index (χ0n) is 13.2. The van der Waals surface area contributed by atoms with Gasteiger partial charge in [0.2, 0.25) is 0 Å². The molecule has 0 aliphatic rings. The maximum Gasteiger partial charge on any atom is 0.472 e. The van der Waals surface area contributed by atoms with E-state index in [2.05, 4.69) is 0 Å². The predicted octanol–water partition coefficient (Wildman–Crippen LogP) is 1.27. The van der Waals surface area contributed by atoms with Crippen LogP contribution >= 0.6 is 7.82 Å². The lowest BCUT2D eigenvalue weighted by atomic mass is 10.4. The van der Waals surface area contributed by atoms with Gasteiger partial charge in [0.25, 0.3) is 0 Å². The minimum Gasteiger partial charge on any atom is -0.379 e. The maximum absolute atomic E-state index is 11.7. The van der Waals surface area contributed by atoms with Gasteiger partial charge in [-0.05, 0) is 13.8 Å². The van der Waals surface area contributed by atoms with E-state index in [0.717, 1.165) is 0 Å². The Bertz CT molecular complexity index is 294. The average molecular weight is 314 g/mol. The van der Waals surface area contributed by atoms with Crippen LogP contribution < -0.4 is 0 Å². The van der Waals surface area contributed by atoms with E-state index in [1.54, 1.807) is 0 Å². The minimum atomic E-state index is -4.03. The summed E-state index contributed by atoms with van der Waals surface area (Å²) in [6, 6.07) is 0. The van der Waals surface area contributed by atoms with Crippen LogP contribution in [0.25, 0.3) is 0 Å². The molecule has 0 spiro atoms. The van der Waals surface area contributed by atoms with Crippen molar-refractivity contribution in [2.75, 3.05) is 60.7 Å². The standard InChI is InChI=1S/C12H28NO6P/c1-6-16-10-12(17-7-2)11-19-20(14,15)18-9-8-13(3,4)5/h12H,6-11H2,1-5H3/p+1/t12-/m1/s1. The highest BCUT2D eigenvalue weighted by Gasteiger charge is 2.24. The molecule has 0 aliphatic carbocycles. The van der Waals surface area contributed by atoms with E-state index in [0.29, 0.717) is 30.8 Å². The first-order chi connectivity index (χ1) is 9.20. The molecule has 0 fully saturated rings. The summed E-state index contributed by atoms with van der Waals surface area (Å²) < 4.78 is 32.8. The second kappa shape index (κ2) is 9.84. The number of rotatable bonds is 12. The summed E-state index contributed by atoms with van der Waals surface area (Å²) in [7, 11) is 1.88. The molecule has 0 aromatic heterocycles. The molecule has 2 atom stereocenters. The molecule has 0 aromatic rings. The van der Waals surface area contributed by atoms with Crippen LogP contribution in [0.2, 0.25) is 0 Å². The van der Waals surface area contributed by atoms with Gasteiger partial charge in [0.05, 0.1) is 34.4 Å². The molecule has 0 saturated heterocycles. The molecule has 0 saturated carbocycles. The highest BCUT2D eigenvalue weighted by molar-refractivity contribution is 7.47. The van der Waals surface area contributed by atoms with Gasteiger partial charge in [0, 0.05) is 13.2 Å². The zero-order valence-corrected chi connectivity index (χ0v) is 14.1. The Labute approximate surface area is 122 Å². The number of hydrogen-bond acceptors (Lipinski definition) is 5. The van der Waals surface area contributed by atoms with Gasteiger partial charge in [-0.25, -0.2) is 4.57 Å². The number of likely N-dealkylation sites (N-methyl/N-ethyl adjacent to an activating group) is 1. The van der Waals surface area contributed by atoms with E-state index >= 15 is 0 Å². The van der Waals surface area contributed by atoms with Gasteiger partial charge < -0.3 is 18.9 Å². The van der Waals surface area contributed by atoms with Gasteiger partial charge in [0.15, 0.2) is 0 Å². The van der Waals surface area contributed by atoms with Crippen LogP contribution in [-0.2, 0) is 23.1 Å². The first kappa shape index (κ1) is 20.0. The molecule has 122 valence electrons. The highest BCUT2D eigenvalue weighted by Crippen LogP contribution is 2.43. The van der Waals surface area contributed by atoms with Crippen molar-refractivity contribution >= 4 is 7.82 Å². The van der Waals surface area contributed by atoms with Crippen LogP contribution in [0.4, 0.5) is 0 Å². The van der Waals surface area contributed by atoms with Gasteiger partial charge >= 0.3 is 7.82 Å². The quantitative estimate of drug-likeness (QED) is 0.432. The lowest BCUT2D eigenvalue weighted by Gasteiger charge is -2.24. The number of ether oxygens (including phenoxy) is 2. The fraction of sp³-hybridized carbons (Fsp3) is 1.00. The van der Waals surface area contributed by atoms with Crippen LogP contribution in [0.1, 0.15) is 13.8 Å². The van der Waals surface area contributed by atoms with Crippen LogP contribution in [0.15, 0.2) is 0 Å². The van der Waals surface area contributed by atoms with Gasteiger partial charge in [-0.2, -0.15) is 0 Å². The molecule has 0 aromatic carbocycles. The SMILES string of the molecule is CCOC[C@H](COP(=O)(O)OCC[N+](C)(C)C)OCC. The van der Waals surface area contributed by atoms with Crippen molar-refractivity contribution in [2.24, 2.45) is 0 Å². The summed E-state index contributed by atoms with van der Waals surface area (Å²) >= 11 is 0. The van der Waals surface area contributed by atoms with Crippen molar-refractivity contribution < 1.29 is 32.5 Å². The van der Waals surface area contributed by atoms with Crippen molar-refractivity contribution in [2.45, 2.75) is 20.0 Å². The van der Waals surface area contributed by atoms with Crippen LogP contribution in [-0.4, -0.2) is 76.2 Å². The molecule has 0 rings (SSSR count). The van der Waals surface area contributed by atoms with Gasteiger partial charge in [0.1, 0.15) is 19.3 Å². The monoisotopic (exact) mass is 314 g/mol. The summed E-state index contributed by atoms with van der Waals surface area (Å²) in [4.78, 5) is 9.56. The molecule has 0 heterocycles. The number of nitrogens with zero attached hydrogens (tertiary/aromatic N) is 1. The summed E-state index contributed by atoms with van der Waals surface area (Å²) in [6.07, 6.45) is -0.373. The molecule has 0 bridgehead atoms. The lowest BCUT2D eigenvalue weighted by molar-refractivity contribution is -0.870. The highest BCUT2D eigenvalue weighted by atomic mass is 31.2. The van der Waals surface area contributed by atoms with E-state index in [-0.39, 0.29) is 19.3 Å². The fourth-order valence-electron chi connectivity index (χ4n) is 1.27. The number of phosphoric acid groups is 1. The van der Waals surface area contributed by atoms with Crippen molar-refractivity contribution in [3.8, 4) is 0 Å². The maximum atomic E-state index is 11.7. The largest absolute Gasteiger partial charge is 0.472 e. The molecule has 7 nitrogen and oxygen atoms in total. The van der Waals surface area contributed by atoms with Crippen LogP contribution in [0, 0.1) is 0 Å². The Morgan fingerprint density at radius 1 is 1.10 bits per heavy atom. The summed E-state index contributed by atoms with van der Waals surface area (Å²) in [5, 5.41) is 0. The summed E-state index contributed by atoms with van der Waals surface area (Å²) in [6.45, 7) is 5.81. The van der Waals surface area contributed by atoms with Crippen LogP contribution in [0.3, 0.4) is 0 Å². The Morgan fingerprint density at radius 3 is 2.25 bits per heavy atom. The van der Waals surface area contributed by atoms with Crippen molar-refractivity contribution in [1.82, 2.24) is 0 Å². The normalized spacial score (nSPS) is 16.9. The lowest BCUT2D eigenvalue weighted by Crippen LogP contribution is -2.37. The molecule has 0 aliphatic heterocycles. The third-order valence-corrected chi connectivity index (χ3v) is 3.33. The second-order valence-corrected chi connectivity index (χ2v) is 6.80. The Kier molecular flexibility index (Phi) is 9.84. The average Bonchev–Trinajstić information content (AvgIpc) is 2.31. The van der Waals surface area contributed by atoms with Gasteiger partial charge in [-0.15, -0.1) is 0 Å². The van der Waals surface area contributed by atoms with Gasteiger partial charge in [-0.1, -0.05) is 0 Å². The van der Waals surface area contributed by atoms with Crippen molar-refractivity contribution in [3.05, 3.63) is 0 Å². The number of quaternary nitrogens is 1. The Morgan fingerprint density at radius 2 is 1.75 bits per heavy atom.